The van der Waals surface area contributed by atoms with Crippen molar-refractivity contribution < 1.29 is 5.11 Å². The Morgan fingerprint density at radius 3 is 2.56 bits per heavy atom. The van der Waals surface area contributed by atoms with Gasteiger partial charge in [0.05, 0.1) is 6.10 Å². The Balaban J connectivity index is 2.95. The van der Waals surface area contributed by atoms with Crippen LogP contribution >= 0.6 is 0 Å². The lowest BCUT2D eigenvalue weighted by Crippen LogP contribution is -2.30. The fourth-order valence-electron chi connectivity index (χ4n) is 1.84. The van der Waals surface area contributed by atoms with Crippen LogP contribution in [0.25, 0.3) is 0 Å². The molecule has 0 bridgehead atoms. The third kappa shape index (κ3) is 3.49. The lowest BCUT2D eigenvalue weighted by atomic mass is 9.96. The van der Waals surface area contributed by atoms with Crippen LogP contribution in [0.15, 0.2) is 18.3 Å². The number of hydrogen-bond acceptors (Lipinski definition) is 3. The fraction of sp³-hybridized carbons (Fsp3) is 0.615. The van der Waals surface area contributed by atoms with Crippen molar-refractivity contribution in [2.75, 3.05) is 18.5 Å². The monoisotopic (exact) mass is 222 g/mol. The van der Waals surface area contributed by atoms with E-state index in [4.69, 9.17) is 0 Å². The summed E-state index contributed by atoms with van der Waals surface area (Å²) in [6, 6.07) is 3.78. The van der Waals surface area contributed by atoms with E-state index in [1.54, 1.807) is 13.1 Å². The van der Waals surface area contributed by atoms with Gasteiger partial charge in [-0.05, 0) is 18.4 Å². The van der Waals surface area contributed by atoms with Crippen molar-refractivity contribution in [3.63, 3.8) is 0 Å². The molecule has 3 nitrogen and oxygen atoms in total. The highest BCUT2D eigenvalue weighted by Crippen LogP contribution is 2.25. The molecule has 0 unspecified atom stereocenters. The first kappa shape index (κ1) is 13.0. The Labute approximate surface area is 98.1 Å². The standard InChI is InChI=1S/C13H22N2O/c1-10(16)11-7-6-8-14-12(11)15(5)9-13(2,3)4/h6-8,10,16H,9H2,1-5H3/t10-/m0/s1. The van der Waals surface area contributed by atoms with Crippen molar-refractivity contribution in [1.82, 2.24) is 4.98 Å². The molecule has 0 aliphatic heterocycles. The summed E-state index contributed by atoms with van der Waals surface area (Å²) in [6.07, 6.45) is 1.28. The molecule has 0 aromatic carbocycles. The Bertz CT molecular complexity index is 342. The number of hydrogen-bond donors (Lipinski definition) is 1. The number of rotatable bonds is 3. The van der Waals surface area contributed by atoms with Crippen LogP contribution in [-0.2, 0) is 0 Å². The molecule has 0 fully saturated rings. The average Bonchev–Trinajstić information content (AvgIpc) is 2.15. The smallest absolute Gasteiger partial charge is 0.134 e. The van der Waals surface area contributed by atoms with Crippen molar-refractivity contribution in [2.24, 2.45) is 5.41 Å². The van der Waals surface area contributed by atoms with E-state index in [9.17, 15) is 5.11 Å². The van der Waals surface area contributed by atoms with Crippen molar-refractivity contribution in [1.29, 1.82) is 0 Å². The van der Waals surface area contributed by atoms with Crippen LogP contribution < -0.4 is 4.90 Å². The summed E-state index contributed by atoms with van der Waals surface area (Å²) in [5.41, 5.74) is 1.09. The molecule has 0 spiro atoms. The van der Waals surface area contributed by atoms with E-state index < -0.39 is 6.10 Å². The van der Waals surface area contributed by atoms with Gasteiger partial charge in [0, 0.05) is 25.4 Å². The Morgan fingerprint density at radius 1 is 1.44 bits per heavy atom. The van der Waals surface area contributed by atoms with Gasteiger partial charge in [-0.25, -0.2) is 4.98 Å². The highest BCUT2D eigenvalue weighted by Gasteiger charge is 2.18. The predicted octanol–water partition coefficient (Wildman–Crippen LogP) is 2.62. The summed E-state index contributed by atoms with van der Waals surface area (Å²) < 4.78 is 0. The van der Waals surface area contributed by atoms with Crippen LogP contribution in [0.1, 0.15) is 39.4 Å². The van der Waals surface area contributed by atoms with Gasteiger partial charge in [-0.15, -0.1) is 0 Å². The minimum atomic E-state index is -0.480. The molecule has 0 amide bonds. The van der Waals surface area contributed by atoms with Crippen LogP contribution in [-0.4, -0.2) is 23.7 Å². The highest BCUT2D eigenvalue weighted by atomic mass is 16.3. The largest absolute Gasteiger partial charge is 0.389 e. The van der Waals surface area contributed by atoms with Gasteiger partial charge < -0.3 is 10.0 Å². The topological polar surface area (TPSA) is 36.4 Å². The fourth-order valence-corrected chi connectivity index (χ4v) is 1.84. The van der Waals surface area contributed by atoms with E-state index in [-0.39, 0.29) is 5.41 Å². The van der Waals surface area contributed by atoms with Crippen molar-refractivity contribution in [3.8, 4) is 0 Å². The summed E-state index contributed by atoms with van der Waals surface area (Å²) in [5, 5.41) is 9.69. The summed E-state index contributed by atoms with van der Waals surface area (Å²) in [5.74, 6) is 0.868. The second-order valence-corrected chi connectivity index (χ2v) is 5.51. The molecule has 3 heteroatoms. The number of aliphatic hydroxyl groups is 1. The average molecular weight is 222 g/mol. The molecule has 16 heavy (non-hydrogen) atoms. The number of anilines is 1. The zero-order valence-corrected chi connectivity index (χ0v) is 10.9. The quantitative estimate of drug-likeness (QED) is 0.854. The molecule has 0 radical (unpaired) electrons. The molecule has 1 aromatic heterocycles. The van der Waals surface area contributed by atoms with Crippen LogP contribution in [0.3, 0.4) is 0 Å². The van der Waals surface area contributed by atoms with Gasteiger partial charge >= 0.3 is 0 Å². The second-order valence-electron chi connectivity index (χ2n) is 5.51. The molecule has 0 saturated heterocycles. The third-order valence-electron chi connectivity index (χ3n) is 2.34. The Hall–Kier alpha value is -1.09. The SMILES string of the molecule is C[C@H](O)c1cccnc1N(C)CC(C)(C)C. The molecule has 0 aliphatic rings. The van der Waals surface area contributed by atoms with Crippen molar-refractivity contribution >= 4 is 5.82 Å². The minimum Gasteiger partial charge on any atom is -0.389 e. The molecule has 1 heterocycles. The number of pyridine rings is 1. The van der Waals surface area contributed by atoms with Crippen molar-refractivity contribution in [2.45, 2.75) is 33.8 Å². The summed E-state index contributed by atoms with van der Waals surface area (Å²) in [4.78, 5) is 6.45. The molecule has 1 aromatic rings. The van der Waals surface area contributed by atoms with E-state index in [0.29, 0.717) is 0 Å². The molecule has 0 saturated carbocycles. The molecule has 90 valence electrons. The number of aliphatic hydroxyl groups excluding tert-OH is 1. The maximum Gasteiger partial charge on any atom is 0.134 e. The summed E-state index contributed by atoms with van der Waals surface area (Å²) in [6.45, 7) is 9.24. The number of nitrogens with zero attached hydrogens (tertiary/aromatic N) is 2. The maximum atomic E-state index is 9.69. The van der Waals surface area contributed by atoms with Gasteiger partial charge in [-0.1, -0.05) is 26.8 Å². The Morgan fingerprint density at radius 2 is 2.06 bits per heavy atom. The second kappa shape index (κ2) is 4.83. The minimum absolute atomic E-state index is 0.211. The van der Waals surface area contributed by atoms with Crippen LogP contribution in [0.2, 0.25) is 0 Å². The first-order valence-electron chi connectivity index (χ1n) is 5.65. The van der Waals surface area contributed by atoms with Gasteiger partial charge in [-0.3, -0.25) is 0 Å². The first-order valence-corrected chi connectivity index (χ1v) is 5.65. The van der Waals surface area contributed by atoms with Gasteiger partial charge in [0.25, 0.3) is 0 Å². The van der Waals surface area contributed by atoms with E-state index in [1.807, 2.05) is 19.2 Å². The normalized spacial score (nSPS) is 13.6. The molecule has 1 rings (SSSR count). The first-order chi connectivity index (χ1) is 7.31. The maximum absolute atomic E-state index is 9.69. The van der Waals surface area contributed by atoms with Crippen LogP contribution in [0.5, 0.6) is 0 Å². The van der Waals surface area contributed by atoms with Crippen LogP contribution in [0.4, 0.5) is 5.82 Å². The van der Waals surface area contributed by atoms with E-state index in [0.717, 1.165) is 17.9 Å². The molecule has 0 aliphatic carbocycles. The summed E-state index contributed by atoms with van der Waals surface area (Å²) in [7, 11) is 2.01. The lowest BCUT2D eigenvalue weighted by Gasteiger charge is -2.29. The van der Waals surface area contributed by atoms with E-state index in [2.05, 4.69) is 30.7 Å². The van der Waals surface area contributed by atoms with Gasteiger partial charge in [0.1, 0.15) is 5.82 Å². The predicted molar refractivity (Wildman–Crippen MR) is 67.6 cm³/mol. The van der Waals surface area contributed by atoms with Gasteiger partial charge in [-0.2, -0.15) is 0 Å². The molecule has 1 atom stereocenters. The van der Waals surface area contributed by atoms with Gasteiger partial charge in [0.15, 0.2) is 0 Å². The van der Waals surface area contributed by atoms with E-state index in [1.165, 1.54) is 0 Å². The van der Waals surface area contributed by atoms with Crippen molar-refractivity contribution in [3.05, 3.63) is 23.9 Å². The third-order valence-corrected chi connectivity index (χ3v) is 2.34. The highest BCUT2D eigenvalue weighted by molar-refractivity contribution is 5.47. The summed E-state index contributed by atoms with van der Waals surface area (Å²) >= 11 is 0. The molecular formula is C13H22N2O. The van der Waals surface area contributed by atoms with E-state index >= 15 is 0 Å². The van der Waals surface area contributed by atoms with Crippen LogP contribution in [0, 0.1) is 5.41 Å². The Kier molecular flexibility index (Phi) is 3.92. The zero-order chi connectivity index (χ0) is 12.3. The molecule has 1 N–H and O–H groups in total. The zero-order valence-electron chi connectivity index (χ0n) is 10.9. The lowest BCUT2D eigenvalue weighted by molar-refractivity contribution is 0.199. The molecular weight excluding hydrogens is 200 g/mol. The number of aromatic nitrogens is 1. The van der Waals surface area contributed by atoms with Gasteiger partial charge in [0.2, 0.25) is 0 Å².